The second kappa shape index (κ2) is 5.83. The van der Waals surface area contributed by atoms with Crippen LogP contribution in [-0.4, -0.2) is 32.2 Å². The molecule has 0 aliphatic carbocycles. The number of hydrogen-bond donors (Lipinski definition) is 2. The van der Waals surface area contributed by atoms with E-state index in [0.29, 0.717) is 10.4 Å². The highest BCUT2D eigenvalue weighted by Crippen LogP contribution is 2.19. The lowest BCUT2D eigenvalue weighted by Gasteiger charge is -2.01. The third-order valence-corrected chi connectivity index (χ3v) is 2.94. The number of nitrogens with one attached hydrogen (secondary N) is 1. The lowest BCUT2D eigenvalue weighted by molar-refractivity contribution is -0.131. The van der Waals surface area contributed by atoms with E-state index < -0.39 is 11.9 Å². The van der Waals surface area contributed by atoms with Crippen LogP contribution in [0.15, 0.2) is 29.9 Å². The summed E-state index contributed by atoms with van der Waals surface area (Å²) in [6, 6.07) is 1.66. The van der Waals surface area contributed by atoms with E-state index in [1.165, 1.54) is 29.8 Å². The van der Waals surface area contributed by atoms with Crippen molar-refractivity contribution in [2.75, 3.05) is 5.32 Å². The van der Waals surface area contributed by atoms with E-state index in [1.54, 1.807) is 11.4 Å². The van der Waals surface area contributed by atoms with Crippen LogP contribution in [0, 0.1) is 0 Å². The van der Waals surface area contributed by atoms with E-state index in [2.05, 4.69) is 20.5 Å². The predicted octanol–water partition coefficient (Wildman–Crippen LogP) is 1.28. The third kappa shape index (κ3) is 3.42. The van der Waals surface area contributed by atoms with E-state index >= 15 is 0 Å². The van der Waals surface area contributed by atoms with Gasteiger partial charge in [-0.2, -0.15) is 5.10 Å². The molecule has 2 aromatic heterocycles. The van der Waals surface area contributed by atoms with Crippen LogP contribution >= 0.6 is 11.3 Å². The van der Waals surface area contributed by atoms with Crippen LogP contribution in [0.2, 0.25) is 0 Å². The van der Waals surface area contributed by atoms with Gasteiger partial charge < -0.3 is 5.11 Å². The number of amides is 1. The molecule has 1 amide bonds. The first kappa shape index (κ1) is 12.8. The van der Waals surface area contributed by atoms with Crippen LogP contribution < -0.4 is 5.32 Å². The summed E-state index contributed by atoms with van der Waals surface area (Å²) in [5, 5.41) is 20.0. The Morgan fingerprint density at radius 3 is 2.89 bits per heavy atom. The number of anilines is 1. The van der Waals surface area contributed by atoms with Gasteiger partial charge in [-0.1, -0.05) is 0 Å². The van der Waals surface area contributed by atoms with E-state index in [9.17, 15) is 9.59 Å². The topological polar surface area (TPSA) is 105 Å². The molecule has 0 saturated carbocycles. The molecule has 0 radical (unpaired) electrons. The van der Waals surface area contributed by atoms with Crippen molar-refractivity contribution in [3.05, 3.63) is 40.4 Å². The van der Waals surface area contributed by atoms with Gasteiger partial charge in [0.15, 0.2) is 0 Å². The summed E-state index contributed by atoms with van der Waals surface area (Å²) in [4.78, 5) is 26.6. The van der Waals surface area contributed by atoms with Gasteiger partial charge in [-0.25, -0.2) is 9.78 Å². The number of aromatic nitrogens is 3. The van der Waals surface area contributed by atoms with Crippen LogP contribution in [-0.2, 0) is 4.79 Å². The number of rotatable bonds is 4. The van der Waals surface area contributed by atoms with E-state index in [-0.39, 0.29) is 5.95 Å². The minimum absolute atomic E-state index is 0.0917. The highest BCUT2D eigenvalue weighted by atomic mass is 32.1. The number of hydrogen-bond acceptors (Lipinski definition) is 6. The molecule has 0 atom stereocenters. The monoisotopic (exact) mass is 276 g/mol. The molecule has 19 heavy (non-hydrogen) atoms. The first-order chi connectivity index (χ1) is 9.16. The molecule has 8 heteroatoms. The van der Waals surface area contributed by atoms with Gasteiger partial charge in [0.05, 0.1) is 17.3 Å². The molecule has 7 nitrogen and oxygen atoms in total. The SMILES string of the molecule is O=C(O)/C=C/c1ccsc1C(=O)Nc1nccnn1. The van der Waals surface area contributed by atoms with Gasteiger partial charge in [0, 0.05) is 6.08 Å². The van der Waals surface area contributed by atoms with E-state index in [4.69, 9.17) is 5.11 Å². The predicted molar refractivity (Wildman–Crippen MR) is 68.8 cm³/mol. The quantitative estimate of drug-likeness (QED) is 0.815. The van der Waals surface area contributed by atoms with Gasteiger partial charge in [0.25, 0.3) is 5.91 Å². The summed E-state index contributed by atoms with van der Waals surface area (Å²) in [6.07, 6.45) is 5.13. The Morgan fingerprint density at radius 2 is 2.21 bits per heavy atom. The first-order valence-electron chi connectivity index (χ1n) is 5.10. The highest BCUT2D eigenvalue weighted by molar-refractivity contribution is 7.12. The smallest absolute Gasteiger partial charge is 0.328 e. The Bertz CT molecular complexity index is 624. The van der Waals surface area contributed by atoms with Crippen molar-refractivity contribution < 1.29 is 14.7 Å². The molecular weight excluding hydrogens is 268 g/mol. The summed E-state index contributed by atoms with van der Waals surface area (Å²) < 4.78 is 0. The molecule has 96 valence electrons. The van der Waals surface area contributed by atoms with Crippen molar-refractivity contribution >= 4 is 35.2 Å². The molecule has 2 aromatic rings. The van der Waals surface area contributed by atoms with Crippen LogP contribution in [0.25, 0.3) is 6.08 Å². The lowest BCUT2D eigenvalue weighted by Crippen LogP contribution is -2.14. The maximum absolute atomic E-state index is 12.0. The average molecular weight is 276 g/mol. The van der Waals surface area contributed by atoms with Crippen molar-refractivity contribution in [3.63, 3.8) is 0 Å². The van der Waals surface area contributed by atoms with Gasteiger partial charge in [0.2, 0.25) is 5.95 Å². The molecule has 2 N–H and O–H groups in total. The van der Waals surface area contributed by atoms with E-state index in [1.807, 2.05) is 0 Å². The number of carbonyl (C=O) groups excluding carboxylic acids is 1. The molecule has 0 spiro atoms. The molecular formula is C11H8N4O3S. The largest absolute Gasteiger partial charge is 0.478 e. The van der Waals surface area contributed by atoms with Crippen molar-refractivity contribution in [1.29, 1.82) is 0 Å². The summed E-state index contributed by atoms with van der Waals surface area (Å²) in [6.45, 7) is 0. The van der Waals surface area contributed by atoms with Crippen molar-refractivity contribution in [1.82, 2.24) is 15.2 Å². The summed E-state index contributed by atoms with van der Waals surface area (Å²) in [5.74, 6) is -1.39. The van der Waals surface area contributed by atoms with Crippen molar-refractivity contribution in [2.24, 2.45) is 0 Å². The van der Waals surface area contributed by atoms with Gasteiger partial charge >= 0.3 is 5.97 Å². The minimum Gasteiger partial charge on any atom is -0.478 e. The normalized spacial score (nSPS) is 10.5. The fourth-order valence-corrected chi connectivity index (χ4v) is 2.04. The Hall–Kier alpha value is -2.61. The third-order valence-electron chi connectivity index (χ3n) is 2.02. The fraction of sp³-hybridized carbons (Fsp3) is 0. The van der Waals surface area contributed by atoms with Crippen LogP contribution in [0.5, 0.6) is 0 Å². The Kier molecular flexibility index (Phi) is 3.94. The maximum Gasteiger partial charge on any atom is 0.328 e. The number of carboxylic acid groups (broad SMARTS) is 1. The average Bonchev–Trinajstić information content (AvgIpc) is 2.86. The molecule has 0 fully saturated rings. The zero-order chi connectivity index (χ0) is 13.7. The molecule has 0 saturated heterocycles. The van der Waals surface area contributed by atoms with E-state index in [0.717, 1.165) is 6.08 Å². The second-order valence-corrected chi connectivity index (χ2v) is 4.21. The number of carboxylic acids is 1. The zero-order valence-electron chi connectivity index (χ0n) is 9.48. The molecule has 0 aliphatic rings. The zero-order valence-corrected chi connectivity index (χ0v) is 10.3. The summed E-state index contributed by atoms with van der Waals surface area (Å²) >= 11 is 1.20. The molecule has 0 bridgehead atoms. The number of carbonyl (C=O) groups is 2. The standard InChI is InChI=1S/C11H8N4O3S/c16-8(17)2-1-7-3-6-19-9(7)10(18)14-11-12-4-5-13-15-11/h1-6H,(H,16,17)(H,12,14,15,18)/b2-1+. The molecule has 2 rings (SSSR count). The number of nitrogens with zero attached hydrogens (tertiary/aromatic N) is 3. The first-order valence-corrected chi connectivity index (χ1v) is 5.98. The maximum atomic E-state index is 12.0. The fourth-order valence-electron chi connectivity index (χ4n) is 1.26. The Balaban J connectivity index is 2.16. The number of thiophene rings is 1. The van der Waals surface area contributed by atoms with Crippen LogP contribution in [0.4, 0.5) is 5.95 Å². The number of aliphatic carboxylic acids is 1. The molecule has 0 aliphatic heterocycles. The Labute approximate surface area is 111 Å². The second-order valence-electron chi connectivity index (χ2n) is 3.30. The summed E-state index contributed by atoms with van der Waals surface area (Å²) in [7, 11) is 0. The van der Waals surface area contributed by atoms with Crippen LogP contribution in [0.3, 0.4) is 0 Å². The summed E-state index contributed by atoms with van der Waals surface area (Å²) in [5.41, 5.74) is 0.522. The lowest BCUT2D eigenvalue weighted by atomic mass is 10.2. The van der Waals surface area contributed by atoms with Gasteiger partial charge in [-0.05, 0) is 23.1 Å². The molecule has 0 aromatic carbocycles. The van der Waals surface area contributed by atoms with Crippen molar-refractivity contribution in [2.45, 2.75) is 0 Å². The van der Waals surface area contributed by atoms with Crippen LogP contribution in [0.1, 0.15) is 15.2 Å². The molecule has 0 unspecified atom stereocenters. The van der Waals surface area contributed by atoms with Crippen molar-refractivity contribution in [3.8, 4) is 0 Å². The minimum atomic E-state index is -1.08. The highest BCUT2D eigenvalue weighted by Gasteiger charge is 2.13. The molecule has 2 heterocycles. The van der Waals surface area contributed by atoms with Gasteiger partial charge in [-0.15, -0.1) is 16.4 Å². The van der Waals surface area contributed by atoms with Gasteiger partial charge in [0.1, 0.15) is 0 Å². The Morgan fingerprint density at radius 1 is 1.37 bits per heavy atom. The van der Waals surface area contributed by atoms with Gasteiger partial charge in [-0.3, -0.25) is 10.1 Å².